The van der Waals surface area contributed by atoms with Crippen molar-refractivity contribution in [2.75, 3.05) is 10.6 Å². The van der Waals surface area contributed by atoms with Crippen LogP contribution in [0.1, 0.15) is 40.4 Å². The first-order valence-electron chi connectivity index (χ1n) is 9.58. The van der Waals surface area contributed by atoms with E-state index in [1.54, 1.807) is 24.4 Å². The quantitative estimate of drug-likeness (QED) is 0.431. The Morgan fingerprint density at radius 1 is 1.25 bits per heavy atom. The number of alkyl halides is 3. The highest BCUT2D eigenvalue weighted by Crippen LogP contribution is 2.29. The lowest BCUT2D eigenvalue weighted by Crippen LogP contribution is -2.16. The average molecular weight is 444 g/mol. The molecular formula is C20H19F3N8O. The minimum Gasteiger partial charge on any atom is -0.362 e. The van der Waals surface area contributed by atoms with E-state index in [-0.39, 0.29) is 11.7 Å². The average Bonchev–Trinajstić information content (AvgIpc) is 3.31. The van der Waals surface area contributed by atoms with Gasteiger partial charge in [-0.1, -0.05) is 12.1 Å². The van der Waals surface area contributed by atoms with E-state index in [2.05, 4.69) is 35.9 Å². The molecule has 166 valence electrons. The van der Waals surface area contributed by atoms with Gasteiger partial charge < -0.3 is 10.6 Å². The number of hydrogen-bond acceptors (Lipinski definition) is 6. The Labute approximate surface area is 180 Å². The maximum atomic E-state index is 12.9. The van der Waals surface area contributed by atoms with Crippen LogP contribution in [0.2, 0.25) is 0 Å². The lowest BCUT2D eigenvalue weighted by atomic mass is 10.1. The largest absolute Gasteiger partial charge is 0.435 e. The molecule has 0 saturated heterocycles. The first kappa shape index (κ1) is 21.3. The van der Waals surface area contributed by atoms with E-state index in [9.17, 15) is 18.0 Å². The minimum atomic E-state index is -4.63. The summed E-state index contributed by atoms with van der Waals surface area (Å²) in [5, 5.41) is 16.1. The van der Waals surface area contributed by atoms with Gasteiger partial charge in [-0.05, 0) is 31.5 Å². The number of carbonyl (C=O) groups excluding carboxylic acids is 1. The second-order valence-electron chi connectivity index (χ2n) is 7.26. The van der Waals surface area contributed by atoms with Crippen LogP contribution < -0.4 is 10.6 Å². The van der Waals surface area contributed by atoms with Gasteiger partial charge in [-0.2, -0.15) is 23.4 Å². The normalized spacial score (nSPS) is 12.7. The summed E-state index contributed by atoms with van der Waals surface area (Å²) in [5.41, 5.74) is 1.93. The number of nitrogens with one attached hydrogen (secondary N) is 3. The summed E-state index contributed by atoms with van der Waals surface area (Å²) in [5.74, 6) is -0.140. The summed E-state index contributed by atoms with van der Waals surface area (Å²) < 4.78 is 39.5. The highest BCUT2D eigenvalue weighted by molar-refractivity contribution is 6.03. The third-order valence-electron chi connectivity index (χ3n) is 4.85. The Morgan fingerprint density at radius 2 is 2.03 bits per heavy atom. The molecule has 4 rings (SSSR count). The second kappa shape index (κ2) is 7.94. The van der Waals surface area contributed by atoms with Crippen LogP contribution in [-0.2, 0) is 13.2 Å². The number of aryl methyl sites for hydroxylation is 2. The number of fused-ring (bicyclic) bond motifs is 1. The molecule has 1 aromatic carbocycles. The van der Waals surface area contributed by atoms with Crippen molar-refractivity contribution in [1.29, 1.82) is 0 Å². The Hall–Kier alpha value is -3.96. The number of benzene rings is 1. The Bertz CT molecular complexity index is 1290. The van der Waals surface area contributed by atoms with E-state index in [1.807, 2.05) is 19.9 Å². The molecule has 0 bridgehead atoms. The molecule has 9 nitrogen and oxygen atoms in total. The molecule has 0 unspecified atom stereocenters. The third kappa shape index (κ3) is 4.24. The number of halogens is 3. The minimum absolute atomic E-state index is 0.195. The molecule has 1 amide bonds. The maximum absolute atomic E-state index is 12.9. The SMILES string of the molecule is Cc1[nH]nc2ncc(N[C@@H](C)c3cccc(NC(=O)c4cc(C(F)(F)F)nn4C)c3)nc12. The van der Waals surface area contributed by atoms with Crippen LogP contribution in [0.25, 0.3) is 11.2 Å². The number of H-pyrrole nitrogens is 1. The zero-order valence-electron chi connectivity index (χ0n) is 17.3. The first-order valence-corrected chi connectivity index (χ1v) is 9.58. The summed E-state index contributed by atoms with van der Waals surface area (Å²) in [6.07, 6.45) is -3.05. The van der Waals surface area contributed by atoms with Crippen LogP contribution in [-0.4, -0.2) is 35.9 Å². The van der Waals surface area contributed by atoms with Gasteiger partial charge in [-0.15, -0.1) is 0 Å². The topological polar surface area (TPSA) is 113 Å². The van der Waals surface area contributed by atoms with Gasteiger partial charge in [-0.3, -0.25) is 14.6 Å². The summed E-state index contributed by atoms with van der Waals surface area (Å²) in [7, 11) is 1.28. The number of aromatic nitrogens is 6. The van der Waals surface area contributed by atoms with E-state index < -0.39 is 17.8 Å². The number of hydrogen-bond donors (Lipinski definition) is 3. The maximum Gasteiger partial charge on any atom is 0.435 e. The fourth-order valence-electron chi connectivity index (χ4n) is 3.18. The van der Waals surface area contributed by atoms with Crippen molar-refractivity contribution in [2.24, 2.45) is 7.05 Å². The van der Waals surface area contributed by atoms with E-state index in [0.717, 1.165) is 22.0 Å². The molecule has 0 aliphatic heterocycles. The molecule has 0 aliphatic carbocycles. The number of amides is 1. The number of aromatic amines is 1. The van der Waals surface area contributed by atoms with E-state index >= 15 is 0 Å². The van der Waals surface area contributed by atoms with Crippen molar-refractivity contribution in [1.82, 2.24) is 29.9 Å². The van der Waals surface area contributed by atoms with Crippen LogP contribution in [0.3, 0.4) is 0 Å². The predicted octanol–water partition coefficient (Wildman–Crippen LogP) is 3.84. The molecule has 1 atom stereocenters. The molecule has 3 N–H and O–H groups in total. The molecule has 4 aromatic rings. The van der Waals surface area contributed by atoms with Crippen LogP contribution in [0, 0.1) is 6.92 Å². The van der Waals surface area contributed by atoms with Crippen LogP contribution in [0.4, 0.5) is 24.7 Å². The molecule has 0 aliphatic rings. The summed E-state index contributed by atoms with van der Waals surface area (Å²) in [6, 6.07) is 7.49. The molecule has 32 heavy (non-hydrogen) atoms. The molecule has 0 spiro atoms. The van der Waals surface area contributed by atoms with Gasteiger partial charge in [0.05, 0.1) is 17.9 Å². The van der Waals surface area contributed by atoms with Crippen molar-refractivity contribution in [2.45, 2.75) is 26.1 Å². The Morgan fingerprint density at radius 3 is 2.75 bits per heavy atom. The zero-order chi connectivity index (χ0) is 23.0. The van der Waals surface area contributed by atoms with Crippen LogP contribution >= 0.6 is 0 Å². The van der Waals surface area contributed by atoms with Crippen LogP contribution in [0.15, 0.2) is 36.5 Å². The second-order valence-corrected chi connectivity index (χ2v) is 7.26. The predicted molar refractivity (Wildman–Crippen MR) is 111 cm³/mol. The van der Waals surface area contributed by atoms with E-state index in [1.165, 1.54) is 7.05 Å². The monoisotopic (exact) mass is 444 g/mol. The van der Waals surface area contributed by atoms with Gasteiger partial charge in [0.25, 0.3) is 5.91 Å². The molecule has 3 heterocycles. The van der Waals surface area contributed by atoms with Gasteiger partial charge in [0.15, 0.2) is 11.3 Å². The summed E-state index contributed by atoms with van der Waals surface area (Å²) in [4.78, 5) is 21.3. The van der Waals surface area contributed by atoms with Gasteiger partial charge in [-0.25, -0.2) is 9.97 Å². The molecule has 0 saturated carbocycles. The Kier molecular flexibility index (Phi) is 5.28. The van der Waals surface area contributed by atoms with Crippen molar-refractivity contribution < 1.29 is 18.0 Å². The van der Waals surface area contributed by atoms with E-state index in [4.69, 9.17) is 0 Å². The Balaban J connectivity index is 1.49. The van der Waals surface area contributed by atoms with Crippen molar-refractivity contribution in [3.63, 3.8) is 0 Å². The highest BCUT2D eigenvalue weighted by atomic mass is 19.4. The lowest BCUT2D eigenvalue weighted by molar-refractivity contribution is -0.141. The molecule has 3 aromatic heterocycles. The number of nitrogens with zero attached hydrogens (tertiary/aromatic N) is 5. The number of anilines is 2. The fraction of sp³-hybridized carbons (Fsp3) is 0.250. The molecular weight excluding hydrogens is 425 g/mol. The molecule has 0 fully saturated rings. The standard InChI is InChI=1S/C20H19F3N8O/c1-10(25-16-9-24-18-17(27-16)11(2)28-29-18)12-5-4-6-13(7-12)26-19(32)14-8-15(20(21,22)23)30-31(14)3/h4-10H,1-3H3,(H,25,27)(H,26,32)(H,24,28,29)/t10-/m0/s1. The van der Waals surface area contributed by atoms with E-state index in [0.29, 0.717) is 22.7 Å². The van der Waals surface area contributed by atoms with Crippen molar-refractivity contribution in [3.05, 3.63) is 59.2 Å². The van der Waals surface area contributed by atoms with Gasteiger partial charge >= 0.3 is 6.18 Å². The first-order chi connectivity index (χ1) is 15.1. The molecule has 12 heteroatoms. The summed E-state index contributed by atoms with van der Waals surface area (Å²) in [6.45, 7) is 3.76. The smallest absolute Gasteiger partial charge is 0.362 e. The van der Waals surface area contributed by atoms with Crippen molar-refractivity contribution in [3.8, 4) is 0 Å². The number of carbonyl (C=O) groups is 1. The summed E-state index contributed by atoms with van der Waals surface area (Å²) >= 11 is 0. The van der Waals surface area contributed by atoms with Crippen molar-refractivity contribution >= 4 is 28.6 Å². The lowest BCUT2D eigenvalue weighted by Gasteiger charge is -2.16. The van der Waals surface area contributed by atoms with Crippen LogP contribution in [0.5, 0.6) is 0 Å². The van der Waals surface area contributed by atoms with Gasteiger partial charge in [0, 0.05) is 18.8 Å². The number of rotatable bonds is 5. The van der Waals surface area contributed by atoms with Gasteiger partial charge in [0.2, 0.25) is 0 Å². The third-order valence-corrected chi connectivity index (χ3v) is 4.85. The highest BCUT2D eigenvalue weighted by Gasteiger charge is 2.35. The fourth-order valence-corrected chi connectivity index (χ4v) is 3.18. The van der Waals surface area contributed by atoms with Gasteiger partial charge in [0.1, 0.15) is 17.0 Å². The molecule has 0 radical (unpaired) electrons. The zero-order valence-corrected chi connectivity index (χ0v) is 17.3.